The van der Waals surface area contributed by atoms with Crippen molar-refractivity contribution >= 4 is 38.9 Å². The number of alkyl halides is 3. The Kier molecular flexibility index (Phi) is 5.74. The molecule has 0 radical (unpaired) electrons. The van der Waals surface area contributed by atoms with E-state index in [0.29, 0.717) is 17.5 Å². The Bertz CT molecular complexity index is 1170. The minimum Gasteiger partial charge on any atom is -0.279 e. The number of hydrogen-bond acceptors (Lipinski definition) is 5. The fourth-order valence-corrected chi connectivity index (χ4v) is 3.93. The Balaban J connectivity index is 2.01. The van der Waals surface area contributed by atoms with Gasteiger partial charge in [0.05, 0.1) is 26.2 Å². The van der Waals surface area contributed by atoms with Gasteiger partial charge < -0.3 is 0 Å². The van der Waals surface area contributed by atoms with Gasteiger partial charge in [-0.1, -0.05) is 29.3 Å². The number of hydrogen-bond donors (Lipinski definition) is 1. The lowest BCUT2D eigenvalue weighted by Crippen LogP contribution is -2.16. The SMILES string of the molecule is Cn1nnnc1Cc1cc(Cl)c(Cl)cc1NS(=O)(=O)c1cccc(C(F)(F)F)c1. The van der Waals surface area contributed by atoms with Gasteiger partial charge in [0.1, 0.15) is 0 Å². The number of benzene rings is 2. The van der Waals surface area contributed by atoms with Crippen LogP contribution >= 0.6 is 23.2 Å². The van der Waals surface area contributed by atoms with E-state index in [1.165, 1.54) is 16.8 Å². The number of sulfonamides is 1. The van der Waals surface area contributed by atoms with Crippen LogP contribution in [-0.4, -0.2) is 28.6 Å². The highest BCUT2D eigenvalue weighted by molar-refractivity contribution is 7.92. The monoisotopic (exact) mass is 465 g/mol. The number of rotatable bonds is 5. The van der Waals surface area contributed by atoms with Gasteiger partial charge in [-0.3, -0.25) is 4.72 Å². The summed E-state index contributed by atoms with van der Waals surface area (Å²) in [6.07, 6.45) is -4.58. The number of nitrogens with one attached hydrogen (secondary N) is 1. The van der Waals surface area contributed by atoms with E-state index in [9.17, 15) is 21.6 Å². The molecule has 7 nitrogen and oxygen atoms in total. The highest BCUT2D eigenvalue weighted by atomic mass is 35.5. The number of aryl methyl sites for hydroxylation is 1. The minimum absolute atomic E-state index is 0.0415. The number of nitrogens with zero attached hydrogens (tertiary/aromatic N) is 4. The van der Waals surface area contributed by atoms with Gasteiger partial charge in [-0.15, -0.1) is 5.10 Å². The van der Waals surface area contributed by atoms with E-state index in [1.54, 1.807) is 7.05 Å². The van der Waals surface area contributed by atoms with Crippen molar-refractivity contribution in [1.82, 2.24) is 20.2 Å². The summed E-state index contributed by atoms with van der Waals surface area (Å²) in [5, 5.41) is 11.2. The first-order valence-corrected chi connectivity index (χ1v) is 10.1. The van der Waals surface area contributed by atoms with Crippen LogP contribution in [0, 0.1) is 0 Å². The van der Waals surface area contributed by atoms with Gasteiger partial charge in [0.15, 0.2) is 5.82 Å². The first kappa shape index (κ1) is 21.3. The van der Waals surface area contributed by atoms with Gasteiger partial charge >= 0.3 is 6.18 Å². The van der Waals surface area contributed by atoms with Crippen molar-refractivity contribution < 1.29 is 21.6 Å². The van der Waals surface area contributed by atoms with E-state index < -0.39 is 26.7 Å². The summed E-state index contributed by atoms with van der Waals surface area (Å²) >= 11 is 12.0. The van der Waals surface area contributed by atoms with Gasteiger partial charge in [0, 0.05) is 13.5 Å². The van der Waals surface area contributed by atoms with Gasteiger partial charge in [-0.2, -0.15) is 13.2 Å². The van der Waals surface area contributed by atoms with Crippen LogP contribution < -0.4 is 4.72 Å². The van der Waals surface area contributed by atoms with E-state index in [4.69, 9.17) is 23.2 Å². The zero-order valence-corrected chi connectivity index (χ0v) is 16.9. The molecular formula is C16H12Cl2F3N5O2S. The van der Waals surface area contributed by atoms with Crippen LogP contribution in [0.15, 0.2) is 41.3 Å². The maximum Gasteiger partial charge on any atom is 0.416 e. The highest BCUT2D eigenvalue weighted by Gasteiger charge is 2.31. The van der Waals surface area contributed by atoms with E-state index >= 15 is 0 Å². The predicted molar refractivity (Wildman–Crippen MR) is 100 cm³/mol. The summed E-state index contributed by atoms with van der Waals surface area (Å²) in [6.45, 7) is 0. The molecule has 0 saturated carbocycles. The predicted octanol–water partition coefficient (Wildman–Crippen LogP) is 3.93. The van der Waals surface area contributed by atoms with Gasteiger partial charge in [-0.05, 0) is 46.3 Å². The average Bonchev–Trinajstić information content (AvgIpc) is 3.03. The van der Waals surface area contributed by atoms with Gasteiger partial charge in [0.25, 0.3) is 10.0 Å². The Morgan fingerprint density at radius 3 is 2.45 bits per heavy atom. The Hall–Kier alpha value is -2.37. The zero-order valence-electron chi connectivity index (χ0n) is 14.6. The Morgan fingerprint density at radius 2 is 1.83 bits per heavy atom. The molecule has 2 aromatic carbocycles. The molecule has 0 atom stereocenters. The summed E-state index contributed by atoms with van der Waals surface area (Å²) in [5.41, 5.74) is -0.660. The van der Waals surface area contributed by atoms with E-state index in [1.807, 2.05) is 0 Å². The molecule has 1 N–H and O–H groups in total. The van der Waals surface area contributed by atoms with Crippen LogP contribution in [0.1, 0.15) is 17.0 Å². The van der Waals surface area contributed by atoms with Crippen molar-refractivity contribution in [2.45, 2.75) is 17.5 Å². The molecule has 0 aliphatic carbocycles. The van der Waals surface area contributed by atoms with Crippen molar-refractivity contribution in [2.24, 2.45) is 7.05 Å². The lowest BCUT2D eigenvalue weighted by atomic mass is 10.1. The van der Waals surface area contributed by atoms with Crippen LogP contribution in [0.5, 0.6) is 0 Å². The second kappa shape index (κ2) is 7.81. The van der Waals surface area contributed by atoms with Crippen molar-refractivity contribution in [1.29, 1.82) is 0 Å². The van der Waals surface area contributed by atoms with Gasteiger partial charge in [-0.25, -0.2) is 13.1 Å². The third kappa shape index (κ3) is 4.80. The summed E-state index contributed by atoms with van der Waals surface area (Å²) in [5.74, 6) is 0.405. The largest absolute Gasteiger partial charge is 0.416 e. The number of aromatic nitrogens is 4. The maximum absolute atomic E-state index is 12.9. The molecule has 1 heterocycles. The highest BCUT2D eigenvalue weighted by Crippen LogP contribution is 2.33. The minimum atomic E-state index is -4.68. The summed E-state index contributed by atoms with van der Waals surface area (Å²) in [4.78, 5) is -0.551. The third-order valence-corrected chi connectivity index (χ3v) is 6.00. The molecule has 0 fully saturated rings. The molecule has 1 aromatic heterocycles. The van der Waals surface area contributed by atoms with Crippen LogP contribution in [0.3, 0.4) is 0 Å². The number of halogens is 5. The molecule has 0 bridgehead atoms. The van der Waals surface area contributed by atoms with Gasteiger partial charge in [0.2, 0.25) is 0 Å². The molecule has 0 spiro atoms. The Morgan fingerprint density at radius 1 is 1.14 bits per heavy atom. The first-order valence-electron chi connectivity index (χ1n) is 7.86. The second-order valence-corrected chi connectivity index (χ2v) is 8.45. The van der Waals surface area contributed by atoms with E-state index in [-0.39, 0.29) is 22.2 Å². The van der Waals surface area contributed by atoms with Crippen LogP contribution in [-0.2, 0) is 29.7 Å². The fraction of sp³-hybridized carbons (Fsp3) is 0.188. The second-order valence-electron chi connectivity index (χ2n) is 5.95. The molecular weight excluding hydrogens is 454 g/mol. The standard InChI is InChI=1S/C16H12Cl2F3N5O2S/c1-26-15(22-24-25-26)6-9-5-12(17)13(18)8-14(9)23-29(27,28)11-4-2-3-10(7-11)16(19,20)21/h2-5,7-8,23H,6H2,1H3. The van der Waals surface area contributed by atoms with Crippen LogP contribution in [0.25, 0.3) is 0 Å². The topological polar surface area (TPSA) is 89.8 Å². The molecule has 3 aromatic rings. The third-order valence-electron chi connectivity index (χ3n) is 3.92. The first-order chi connectivity index (χ1) is 13.5. The van der Waals surface area contributed by atoms with Crippen molar-refractivity contribution in [2.75, 3.05) is 4.72 Å². The van der Waals surface area contributed by atoms with Crippen molar-refractivity contribution in [3.63, 3.8) is 0 Å². The molecule has 0 aliphatic heterocycles. The molecule has 0 aliphatic rings. The van der Waals surface area contributed by atoms with Crippen molar-refractivity contribution in [3.05, 3.63) is 63.4 Å². The molecule has 3 rings (SSSR count). The summed E-state index contributed by atoms with van der Waals surface area (Å²) in [7, 11) is -2.75. The van der Waals surface area contributed by atoms with E-state index in [0.717, 1.165) is 18.2 Å². The molecule has 29 heavy (non-hydrogen) atoms. The summed E-state index contributed by atoms with van der Waals surface area (Å²) in [6, 6.07) is 6.10. The summed E-state index contributed by atoms with van der Waals surface area (Å²) < 4.78 is 67.8. The lowest BCUT2D eigenvalue weighted by molar-refractivity contribution is -0.137. The van der Waals surface area contributed by atoms with E-state index in [2.05, 4.69) is 20.2 Å². The average molecular weight is 466 g/mol. The fourth-order valence-electron chi connectivity index (χ4n) is 2.44. The number of anilines is 1. The molecule has 13 heteroatoms. The lowest BCUT2D eigenvalue weighted by Gasteiger charge is -2.15. The smallest absolute Gasteiger partial charge is 0.279 e. The Labute approximate surface area is 173 Å². The quantitative estimate of drug-likeness (QED) is 0.616. The van der Waals surface area contributed by atoms with Crippen LogP contribution in [0.2, 0.25) is 10.0 Å². The number of tetrazole rings is 1. The van der Waals surface area contributed by atoms with Crippen LogP contribution in [0.4, 0.5) is 18.9 Å². The zero-order chi connectivity index (χ0) is 21.4. The molecule has 154 valence electrons. The molecule has 0 amide bonds. The normalized spacial score (nSPS) is 12.2. The molecule has 0 saturated heterocycles. The molecule has 0 unspecified atom stereocenters. The maximum atomic E-state index is 12.9. The van der Waals surface area contributed by atoms with Crippen molar-refractivity contribution in [3.8, 4) is 0 Å².